The summed E-state index contributed by atoms with van der Waals surface area (Å²) in [6.45, 7) is 0. The van der Waals surface area contributed by atoms with Gasteiger partial charge in [-0.3, -0.25) is 0 Å². The number of phenolic OH excluding ortho intramolecular Hbond substituents is 1. The Kier molecular flexibility index (Phi) is 2.37. The number of pyridine rings is 1. The Balaban J connectivity index is 2.35. The monoisotopic (exact) mass is 243 g/mol. The molecule has 1 heterocycles. The zero-order valence-electron chi connectivity index (χ0n) is 9.02. The lowest BCUT2D eigenvalue weighted by molar-refractivity contribution is 0.476. The van der Waals surface area contributed by atoms with Gasteiger partial charge in [-0.05, 0) is 35.9 Å². The number of phenols is 1. The standard InChI is InChI=1S/C14H10ClNO/c15-8-9-1-4-13-11(5-9)6-10-2-3-12(17)7-14(10)16-13/h1-7,17H,8H2. The lowest BCUT2D eigenvalue weighted by atomic mass is 10.1. The second-order valence-corrected chi connectivity index (χ2v) is 4.29. The van der Waals surface area contributed by atoms with Gasteiger partial charge in [0.15, 0.2) is 0 Å². The molecule has 0 saturated heterocycles. The van der Waals surface area contributed by atoms with Crippen LogP contribution in [0.4, 0.5) is 0 Å². The maximum atomic E-state index is 9.43. The predicted octanol–water partition coefficient (Wildman–Crippen LogP) is 3.83. The van der Waals surface area contributed by atoms with E-state index in [2.05, 4.69) is 11.1 Å². The Morgan fingerprint density at radius 2 is 1.82 bits per heavy atom. The molecule has 1 N–H and O–H groups in total. The Hall–Kier alpha value is -1.80. The molecule has 0 aliphatic rings. The largest absolute Gasteiger partial charge is 0.508 e. The van der Waals surface area contributed by atoms with Crippen LogP contribution < -0.4 is 0 Å². The van der Waals surface area contributed by atoms with Crippen LogP contribution >= 0.6 is 11.6 Å². The van der Waals surface area contributed by atoms with Crippen LogP contribution in [0.5, 0.6) is 5.75 Å². The summed E-state index contributed by atoms with van der Waals surface area (Å²) in [6.07, 6.45) is 0. The molecule has 84 valence electrons. The van der Waals surface area contributed by atoms with Gasteiger partial charge in [0.25, 0.3) is 0 Å². The third-order valence-corrected chi connectivity index (χ3v) is 3.12. The van der Waals surface area contributed by atoms with E-state index in [1.807, 2.05) is 24.3 Å². The van der Waals surface area contributed by atoms with Gasteiger partial charge in [-0.2, -0.15) is 0 Å². The van der Waals surface area contributed by atoms with Gasteiger partial charge in [0.2, 0.25) is 0 Å². The van der Waals surface area contributed by atoms with Crippen molar-refractivity contribution in [3.63, 3.8) is 0 Å². The van der Waals surface area contributed by atoms with E-state index < -0.39 is 0 Å². The van der Waals surface area contributed by atoms with Crippen LogP contribution in [0.15, 0.2) is 42.5 Å². The molecule has 0 aliphatic carbocycles. The van der Waals surface area contributed by atoms with Gasteiger partial charge in [-0.15, -0.1) is 11.6 Å². The summed E-state index contributed by atoms with van der Waals surface area (Å²) in [4.78, 5) is 4.51. The molecule has 0 bridgehead atoms. The van der Waals surface area contributed by atoms with Crippen molar-refractivity contribution in [1.82, 2.24) is 4.98 Å². The minimum atomic E-state index is 0.238. The number of aromatic hydroxyl groups is 1. The molecule has 0 radical (unpaired) electrons. The third-order valence-electron chi connectivity index (χ3n) is 2.81. The molecule has 0 unspecified atom stereocenters. The van der Waals surface area contributed by atoms with E-state index >= 15 is 0 Å². The molecule has 0 atom stereocenters. The van der Waals surface area contributed by atoms with Gasteiger partial charge in [0.05, 0.1) is 11.0 Å². The van der Waals surface area contributed by atoms with Gasteiger partial charge in [-0.1, -0.05) is 6.07 Å². The molecule has 3 heteroatoms. The summed E-state index contributed by atoms with van der Waals surface area (Å²) < 4.78 is 0. The lowest BCUT2D eigenvalue weighted by Gasteiger charge is -2.03. The molecule has 3 aromatic rings. The topological polar surface area (TPSA) is 33.1 Å². The number of hydrogen-bond donors (Lipinski definition) is 1. The zero-order chi connectivity index (χ0) is 11.8. The summed E-state index contributed by atoms with van der Waals surface area (Å²) in [5.41, 5.74) is 2.80. The quantitative estimate of drug-likeness (QED) is 0.520. The van der Waals surface area contributed by atoms with Crippen molar-refractivity contribution in [2.24, 2.45) is 0 Å². The fourth-order valence-electron chi connectivity index (χ4n) is 1.95. The highest BCUT2D eigenvalue weighted by atomic mass is 35.5. The van der Waals surface area contributed by atoms with Crippen molar-refractivity contribution in [2.45, 2.75) is 5.88 Å². The first-order valence-corrected chi connectivity index (χ1v) is 5.88. The van der Waals surface area contributed by atoms with Crippen molar-refractivity contribution in [1.29, 1.82) is 0 Å². The summed E-state index contributed by atoms with van der Waals surface area (Å²) >= 11 is 5.81. The summed E-state index contributed by atoms with van der Waals surface area (Å²) in [7, 11) is 0. The summed E-state index contributed by atoms with van der Waals surface area (Å²) in [5, 5.41) is 11.5. The molecule has 3 rings (SSSR count). The van der Waals surface area contributed by atoms with Crippen molar-refractivity contribution >= 4 is 33.4 Å². The summed E-state index contributed by atoms with van der Waals surface area (Å²) in [6, 6.07) is 13.2. The predicted molar refractivity (Wildman–Crippen MR) is 70.5 cm³/mol. The number of benzene rings is 2. The van der Waals surface area contributed by atoms with Crippen LogP contribution in [0.3, 0.4) is 0 Å². The van der Waals surface area contributed by atoms with Crippen LogP contribution in [0.1, 0.15) is 5.56 Å². The van der Waals surface area contributed by atoms with E-state index in [9.17, 15) is 5.11 Å². The van der Waals surface area contributed by atoms with Crippen LogP contribution in [0, 0.1) is 0 Å². The van der Waals surface area contributed by atoms with Crippen molar-refractivity contribution in [3.05, 3.63) is 48.0 Å². The highest BCUT2D eigenvalue weighted by molar-refractivity contribution is 6.17. The average Bonchev–Trinajstić information content (AvgIpc) is 2.35. The molecule has 1 aromatic heterocycles. The second kappa shape index (κ2) is 3.90. The number of halogens is 1. The van der Waals surface area contributed by atoms with Crippen LogP contribution in [-0.4, -0.2) is 10.1 Å². The van der Waals surface area contributed by atoms with Crippen LogP contribution in [0.2, 0.25) is 0 Å². The van der Waals surface area contributed by atoms with E-state index in [0.717, 1.165) is 27.4 Å². The van der Waals surface area contributed by atoms with E-state index in [1.54, 1.807) is 12.1 Å². The zero-order valence-corrected chi connectivity index (χ0v) is 9.78. The number of fused-ring (bicyclic) bond motifs is 2. The van der Waals surface area contributed by atoms with Gasteiger partial charge >= 0.3 is 0 Å². The van der Waals surface area contributed by atoms with Crippen molar-refractivity contribution in [2.75, 3.05) is 0 Å². The van der Waals surface area contributed by atoms with Crippen molar-refractivity contribution < 1.29 is 5.11 Å². The first-order valence-electron chi connectivity index (χ1n) is 5.35. The van der Waals surface area contributed by atoms with Crippen molar-refractivity contribution in [3.8, 4) is 5.75 Å². The molecule has 0 amide bonds. The number of nitrogens with zero attached hydrogens (tertiary/aromatic N) is 1. The van der Waals surface area contributed by atoms with E-state index in [4.69, 9.17) is 11.6 Å². The molecule has 0 aliphatic heterocycles. The molecule has 2 aromatic carbocycles. The minimum Gasteiger partial charge on any atom is -0.508 e. The summed E-state index contributed by atoms with van der Waals surface area (Å²) in [5.74, 6) is 0.741. The number of rotatable bonds is 1. The molecular weight excluding hydrogens is 234 g/mol. The highest BCUT2D eigenvalue weighted by Crippen LogP contribution is 2.23. The third kappa shape index (κ3) is 1.81. The van der Waals surface area contributed by atoms with Gasteiger partial charge in [0, 0.05) is 22.7 Å². The van der Waals surface area contributed by atoms with E-state index in [-0.39, 0.29) is 5.75 Å². The molecular formula is C14H10ClNO. The SMILES string of the molecule is Oc1ccc2cc3cc(CCl)ccc3nc2c1. The smallest absolute Gasteiger partial charge is 0.117 e. The molecule has 17 heavy (non-hydrogen) atoms. The van der Waals surface area contributed by atoms with Crippen LogP contribution in [0.25, 0.3) is 21.8 Å². The fourth-order valence-corrected chi connectivity index (χ4v) is 2.12. The normalized spacial score (nSPS) is 11.1. The Bertz CT molecular complexity index is 709. The highest BCUT2D eigenvalue weighted by Gasteiger charge is 2.01. The van der Waals surface area contributed by atoms with E-state index in [1.165, 1.54) is 0 Å². The number of aromatic nitrogens is 1. The molecule has 0 saturated carbocycles. The molecule has 0 fully saturated rings. The molecule has 0 spiro atoms. The van der Waals surface area contributed by atoms with Crippen LogP contribution in [-0.2, 0) is 5.88 Å². The Morgan fingerprint density at radius 1 is 0.941 bits per heavy atom. The first-order chi connectivity index (χ1) is 8.26. The second-order valence-electron chi connectivity index (χ2n) is 4.03. The van der Waals surface area contributed by atoms with Gasteiger partial charge in [-0.25, -0.2) is 4.98 Å². The fraction of sp³-hybridized carbons (Fsp3) is 0.0714. The minimum absolute atomic E-state index is 0.238. The Morgan fingerprint density at radius 3 is 2.65 bits per heavy atom. The number of alkyl halides is 1. The lowest BCUT2D eigenvalue weighted by Crippen LogP contribution is -1.84. The van der Waals surface area contributed by atoms with Gasteiger partial charge in [0.1, 0.15) is 5.75 Å². The molecule has 2 nitrogen and oxygen atoms in total. The average molecular weight is 244 g/mol. The number of hydrogen-bond acceptors (Lipinski definition) is 2. The first kappa shape index (κ1) is 10.4. The maximum absolute atomic E-state index is 9.43. The maximum Gasteiger partial charge on any atom is 0.117 e. The Labute approximate surface area is 103 Å². The van der Waals surface area contributed by atoms with E-state index in [0.29, 0.717) is 5.88 Å². The van der Waals surface area contributed by atoms with Gasteiger partial charge < -0.3 is 5.11 Å².